The first-order valence-electron chi connectivity index (χ1n) is 8.05. The summed E-state index contributed by atoms with van der Waals surface area (Å²) in [5.74, 6) is -1.18. The molecule has 1 aliphatic rings. The van der Waals surface area contributed by atoms with Gasteiger partial charge in [-0.1, -0.05) is 13.8 Å². The van der Waals surface area contributed by atoms with Gasteiger partial charge in [0.05, 0.1) is 0 Å². The van der Waals surface area contributed by atoms with E-state index in [1.165, 1.54) is 4.57 Å². The highest BCUT2D eigenvalue weighted by Crippen LogP contribution is 2.30. The number of nitrogens with zero attached hydrogens (tertiary/aromatic N) is 3. The average Bonchev–Trinajstić information content (AvgIpc) is 3.28. The Kier molecular flexibility index (Phi) is 4.65. The van der Waals surface area contributed by atoms with Crippen LogP contribution in [0.5, 0.6) is 5.88 Å². The van der Waals surface area contributed by atoms with Crippen molar-refractivity contribution in [3.05, 3.63) is 20.4 Å². The van der Waals surface area contributed by atoms with E-state index in [1.807, 2.05) is 13.8 Å². The predicted molar refractivity (Wildman–Crippen MR) is 95.8 cm³/mol. The van der Waals surface area contributed by atoms with E-state index >= 15 is 0 Å². The largest absolute Gasteiger partial charge is 0.494 e. The predicted octanol–water partition coefficient (Wildman–Crippen LogP) is 1.60. The topological polar surface area (TPSA) is 138 Å². The van der Waals surface area contributed by atoms with E-state index < -0.39 is 29.0 Å². The molecule has 140 valence electrons. The molecule has 3 rings (SSSR count). The van der Waals surface area contributed by atoms with E-state index in [0.717, 1.165) is 17.4 Å². The number of hydrogen-bond acceptors (Lipinski definition) is 5. The van der Waals surface area contributed by atoms with E-state index in [2.05, 4.69) is 31.7 Å². The van der Waals surface area contributed by atoms with Crippen molar-refractivity contribution in [1.82, 2.24) is 19.5 Å². The van der Waals surface area contributed by atoms with Crippen LogP contribution in [-0.2, 0) is 6.54 Å². The van der Waals surface area contributed by atoms with E-state index in [-0.39, 0.29) is 34.4 Å². The summed E-state index contributed by atoms with van der Waals surface area (Å²) < 4.78 is 2.49. The van der Waals surface area contributed by atoms with Crippen LogP contribution in [-0.4, -0.2) is 42.4 Å². The van der Waals surface area contributed by atoms with Crippen molar-refractivity contribution in [3.8, 4) is 5.88 Å². The molecule has 1 aliphatic carbocycles. The molecule has 0 spiro atoms. The Bertz CT molecular complexity index is 960. The van der Waals surface area contributed by atoms with Gasteiger partial charge in [0.1, 0.15) is 4.47 Å². The molecule has 0 aromatic carbocycles. The number of aromatic nitrogens is 3. The van der Waals surface area contributed by atoms with E-state index in [1.54, 1.807) is 0 Å². The lowest BCUT2D eigenvalue weighted by atomic mass is 10.2. The van der Waals surface area contributed by atoms with Gasteiger partial charge in [-0.25, -0.2) is 4.79 Å². The molecular formula is C15H18BrN5O5. The van der Waals surface area contributed by atoms with E-state index in [0.29, 0.717) is 0 Å². The summed E-state index contributed by atoms with van der Waals surface area (Å²) >= 11 is 3.22. The zero-order valence-corrected chi connectivity index (χ0v) is 15.7. The third-order valence-electron chi connectivity index (χ3n) is 3.86. The lowest BCUT2D eigenvalue weighted by molar-refractivity contribution is 0.0944. The summed E-state index contributed by atoms with van der Waals surface area (Å²) in [6, 6.07) is 0.00383. The van der Waals surface area contributed by atoms with Crippen molar-refractivity contribution in [2.75, 3.05) is 5.32 Å². The molecule has 0 aliphatic heterocycles. The number of nitrogens with one attached hydrogen (secondary N) is 2. The minimum Gasteiger partial charge on any atom is -0.494 e. The number of aromatic hydroxyl groups is 1. The van der Waals surface area contributed by atoms with Gasteiger partial charge in [0.25, 0.3) is 11.5 Å². The fraction of sp³-hybridized carbons (Fsp3) is 0.467. The van der Waals surface area contributed by atoms with Crippen LogP contribution in [0.4, 0.5) is 10.6 Å². The molecular weight excluding hydrogens is 410 g/mol. The maximum Gasteiger partial charge on any atom is 0.410 e. The van der Waals surface area contributed by atoms with Crippen LogP contribution in [0.1, 0.15) is 37.0 Å². The second kappa shape index (κ2) is 6.63. The normalized spacial score (nSPS) is 14.0. The number of halogens is 1. The molecule has 1 fully saturated rings. The van der Waals surface area contributed by atoms with Crippen molar-refractivity contribution < 1.29 is 19.8 Å². The molecule has 2 aromatic rings. The molecule has 0 radical (unpaired) electrons. The van der Waals surface area contributed by atoms with Crippen LogP contribution in [0.15, 0.2) is 9.27 Å². The van der Waals surface area contributed by atoms with Gasteiger partial charge in [-0.3, -0.25) is 19.5 Å². The van der Waals surface area contributed by atoms with Crippen LogP contribution >= 0.6 is 15.9 Å². The summed E-state index contributed by atoms with van der Waals surface area (Å²) in [6.45, 7) is 4.09. The standard InChI is InChI=1S/C15H18BrN5O5/c1-6(2)5-20-12-9(16)10(18-15(25)26)19-21(12)14(24)8(13(20)23)11(22)17-7-3-4-7/h6-7,23H,3-5H2,1-2H3,(H,17,22)(H,18,19)(H,25,26). The van der Waals surface area contributed by atoms with Crippen LogP contribution in [0.3, 0.4) is 0 Å². The molecule has 0 atom stereocenters. The number of anilines is 1. The number of carboxylic acid groups (broad SMARTS) is 1. The van der Waals surface area contributed by atoms with Gasteiger partial charge in [0, 0.05) is 12.6 Å². The van der Waals surface area contributed by atoms with Gasteiger partial charge in [-0.2, -0.15) is 4.52 Å². The minimum atomic E-state index is -1.35. The van der Waals surface area contributed by atoms with Crippen molar-refractivity contribution in [2.24, 2.45) is 5.92 Å². The number of carbonyl (C=O) groups excluding carboxylic acids is 1. The van der Waals surface area contributed by atoms with Crippen molar-refractivity contribution in [2.45, 2.75) is 39.3 Å². The SMILES string of the molecule is CC(C)Cn1c(O)c(C(=O)NC2CC2)c(=O)n2nc(NC(=O)O)c(Br)c12. The Labute approximate surface area is 155 Å². The van der Waals surface area contributed by atoms with Crippen LogP contribution in [0.25, 0.3) is 5.65 Å². The molecule has 10 nitrogen and oxygen atoms in total. The lowest BCUT2D eigenvalue weighted by Gasteiger charge is -2.16. The Balaban J connectivity index is 2.26. The van der Waals surface area contributed by atoms with Crippen molar-refractivity contribution in [3.63, 3.8) is 0 Å². The first kappa shape index (κ1) is 18.2. The minimum absolute atomic E-state index is 0.00383. The van der Waals surface area contributed by atoms with E-state index in [9.17, 15) is 19.5 Å². The molecule has 2 aromatic heterocycles. The molecule has 26 heavy (non-hydrogen) atoms. The molecule has 0 unspecified atom stereocenters. The number of hydrogen-bond donors (Lipinski definition) is 4. The number of rotatable bonds is 5. The van der Waals surface area contributed by atoms with Gasteiger partial charge in [0.15, 0.2) is 17.0 Å². The zero-order chi connectivity index (χ0) is 19.2. The average molecular weight is 428 g/mol. The second-order valence-electron chi connectivity index (χ2n) is 6.58. The second-order valence-corrected chi connectivity index (χ2v) is 7.38. The molecule has 2 heterocycles. The van der Waals surface area contributed by atoms with Gasteiger partial charge in [0.2, 0.25) is 5.88 Å². The summed E-state index contributed by atoms with van der Waals surface area (Å²) in [4.78, 5) is 36.1. The van der Waals surface area contributed by atoms with Crippen LogP contribution < -0.4 is 16.2 Å². The third kappa shape index (κ3) is 3.26. The zero-order valence-electron chi connectivity index (χ0n) is 14.1. The summed E-state index contributed by atoms with van der Waals surface area (Å²) in [5.41, 5.74) is -1.08. The van der Waals surface area contributed by atoms with Gasteiger partial charge in [-0.05, 0) is 34.7 Å². The maximum atomic E-state index is 12.8. The Hall–Kier alpha value is -2.56. The van der Waals surface area contributed by atoms with Crippen LogP contribution in [0, 0.1) is 5.92 Å². The number of carbonyl (C=O) groups is 2. The highest BCUT2D eigenvalue weighted by atomic mass is 79.9. The molecule has 4 N–H and O–H groups in total. The van der Waals surface area contributed by atoms with Crippen LogP contribution in [0.2, 0.25) is 0 Å². The molecule has 2 amide bonds. The maximum absolute atomic E-state index is 12.8. The summed E-state index contributed by atoms with van der Waals surface area (Å²) in [6.07, 6.45) is 0.303. The number of fused-ring (bicyclic) bond motifs is 1. The molecule has 11 heteroatoms. The Morgan fingerprint density at radius 2 is 2.04 bits per heavy atom. The quantitative estimate of drug-likeness (QED) is 0.571. The van der Waals surface area contributed by atoms with E-state index in [4.69, 9.17) is 5.11 Å². The van der Waals surface area contributed by atoms with Crippen molar-refractivity contribution >= 4 is 39.4 Å². The highest BCUT2D eigenvalue weighted by Gasteiger charge is 2.30. The first-order valence-corrected chi connectivity index (χ1v) is 8.84. The van der Waals surface area contributed by atoms with Gasteiger partial charge in [-0.15, -0.1) is 5.10 Å². The highest BCUT2D eigenvalue weighted by molar-refractivity contribution is 9.10. The first-order chi connectivity index (χ1) is 12.2. The fourth-order valence-corrected chi connectivity index (χ4v) is 3.16. The molecule has 0 saturated heterocycles. The third-order valence-corrected chi connectivity index (χ3v) is 4.59. The Morgan fingerprint density at radius 1 is 1.38 bits per heavy atom. The van der Waals surface area contributed by atoms with Gasteiger partial charge >= 0.3 is 6.09 Å². The smallest absolute Gasteiger partial charge is 0.410 e. The lowest BCUT2D eigenvalue weighted by Crippen LogP contribution is -2.34. The number of amides is 2. The summed E-state index contributed by atoms with van der Waals surface area (Å²) in [7, 11) is 0. The molecule has 0 bridgehead atoms. The van der Waals surface area contributed by atoms with Gasteiger partial charge < -0.3 is 15.5 Å². The monoisotopic (exact) mass is 427 g/mol. The Morgan fingerprint density at radius 3 is 2.58 bits per heavy atom. The molecule has 1 saturated carbocycles. The summed E-state index contributed by atoms with van der Waals surface area (Å²) in [5, 5.41) is 28.3. The van der Waals surface area contributed by atoms with Crippen molar-refractivity contribution in [1.29, 1.82) is 0 Å². The fourth-order valence-electron chi connectivity index (χ4n) is 2.60.